The fourth-order valence-corrected chi connectivity index (χ4v) is 2.54. The number of carbonyl (C=O) groups excluding carboxylic acids is 2. The maximum Gasteiger partial charge on any atom is 0.311 e. The number of hydrogen-bond acceptors (Lipinski definition) is 4. The van der Waals surface area contributed by atoms with E-state index in [2.05, 4.69) is 0 Å². The van der Waals surface area contributed by atoms with Crippen molar-refractivity contribution in [2.75, 3.05) is 0 Å². The second kappa shape index (κ2) is 11.3. The molecule has 0 saturated carbocycles. The van der Waals surface area contributed by atoms with E-state index in [-0.39, 0.29) is 17.9 Å². The van der Waals surface area contributed by atoms with Crippen molar-refractivity contribution < 1.29 is 24.2 Å². The average molecular weight is 371 g/mol. The third-order valence-electron chi connectivity index (χ3n) is 5.03. The first-order valence-corrected chi connectivity index (χ1v) is 9.88. The third-order valence-corrected chi connectivity index (χ3v) is 5.03. The second-order valence-electron chi connectivity index (χ2n) is 8.65. The Morgan fingerprint density at radius 1 is 0.885 bits per heavy atom. The number of carbonyl (C=O) groups is 3. The molecule has 0 aromatic rings. The monoisotopic (exact) mass is 370 g/mol. The number of esters is 1. The third kappa shape index (κ3) is 9.93. The maximum absolute atomic E-state index is 12.1. The lowest BCUT2D eigenvalue weighted by Gasteiger charge is -2.24. The Bertz CT molecular complexity index is 465. The van der Waals surface area contributed by atoms with Gasteiger partial charge in [-0.15, -0.1) is 0 Å². The molecule has 0 aliphatic heterocycles. The molecule has 0 radical (unpaired) electrons. The molecule has 0 fully saturated rings. The van der Waals surface area contributed by atoms with Gasteiger partial charge in [0.1, 0.15) is 5.78 Å². The fourth-order valence-electron chi connectivity index (χ4n) is 2.54. The quantitative estimate of drug-likeness (QED) is 0.337. The zero-order chi connectivity index (χ0) is 20.4. The molecule has 1 N–H and O–H groups in total. The first kappa shape index (κ1) is 24.6. The molecule has 0 saturated heterocycles. The lowest BCUT2D eigenvalue weighted by atomic mass is 9.86. The Kier molecular flexibility index (Phi) is 10.7. The van der Waals surface area contributed by atoms with Crippen molar-refractivity contribution in [3.8, 4) is 0 Å². The maximum atomic E-state index is 12.1. The zero-order valence-corrected chi connectivity index (χ0v) is 17.5. The number of rotatable bonds is 14. The van der Waals surface area contributed by atoms with Crippen molar-refractivity contribution in [2.45, 2.75) is 105 Å². The van der Waals surface area contributed by atoms with E-state index in [0.29, 0.717) is 25.7 Å². The van der Waals surface area contributed by atoms with Crippen molar-refractivity contribution in [2.24, 2.45) is 10.8 Å². The van der Waals surface area contributed by atoms with Gasteiger partial charge in [-0.05, 0) is 66.7 Å². The molecule has 0 heterocycles. The van der Waals surface area contributed by atoms with Gasteiger partial charge >= 0.3 is 11.9 Å². The van der Waals surface area contributed by atoms with Gasteiger partial charge in [-0.25, -0.2) is 0 Å². The van der Waals surface area contributed by atoms with Crippen molar-refractivity contribution in [1.29, 1.82) is 0 Å². The molecule has 0 aliphatic carbocycles. The predicted molar refractivity (Wildman–Crippen MR) is 103 cm³/mol. The van der Waals surface area contributed by atoms with Crippen LogP contribution in [0.1, 0.15) is 99.3 Å². The van der Waals surface area contributed by atoms with Crippen LogP contribution in [0.5, 0.6) is 0 Å². The van der Waals surface area contributed by atoms with Crippen molar-refractivity contribution in [3.05, 3.63) is 0 Å². The molecule has 0 aromatic heterocycles. The standard InChI is InChI=1S/C21H38O5/c1-7-16(2)26-19(25)21(5,6)15-11-9-13-17(22)12-8-10-14-20(3,4)18(23)24/h16H,7-15H2,1-6H3,(H,23,24). The van der Waals surface area contributed by atoms with Crippen molar-refractivity contribution in [1.82, 2.24) is 0 Å². The first-order chi connectivity index (χ1) is 11.9. The number of carboxylic acids is 1. The topological polar surface area (TPSA) is 80.7 Å². The largest absolute Gasteiger partial charge is 0.481 e. The van der Waals surface area contributed by atoms with Crippen LogP contribution in [0, 0.1) is 10.8 Å². The van der Waals surface area contributed by atoms with Gasteiger partial charge in [0.2, 0.25) is 0 Å². The van der Waals surface area contributed by atoms with E-state index in [0.717, 1.165) is 32.1 Å². The van der Waals surface area contributed by atoms with E-state index >= 15 is 0 Å². The van der Waals surface area contributed by atoms with E-state index in [1.54, 1.807) is 13.8 Å². The van der Waals surface area contributed by atoms with E-state index < -0.39 is 16.8 Å². The Morgan fingerprint density at radius 3 is 1.77 bits per heavy atom. The van der Waals surface area contributed by atoms with Crippen LogP contribution in [0.3, 0.4) is 0 Å². The highest BCUT2D eigenvalue weighted by Gasteiger charge is 2.30. The molecule has 152 valence electrons. The summed E-state index contributed by atoms with van der Waals surface area (Å²) in [6, 6.07) is 0. The molecular weight excluding hydrogens is 332 g/mol. The molecular formula is C21H38O5. The summed E-state index contributed by atoms with van der Waals surface area (Å²) in [7, 11) is 0. The number of carboxylic acid groups (broad SMARTS) is 1. The summed E-state index contributed by atoms with van der Waals surface area (Å²) in [4.78, 5) is 35.1. The van der Waals surface area contributed by atoms with Crippen LogP contribution in [-0.4, -0.2) is 28.9 Å². The Balaban J connectivity index is 3.94. The normalized spacial score (nSPS) is 13.3. The van der Waals surface area contributed by atoms with Crippen LogP contribution in [0.2, 0.25) is 0 Å². The van der Waals surface area contributed by atoms with Crippen LogP contribution in [0.4, 0.5) is 0 Å². The van der Waals surface area contributed by atoms with Gasteiger partial charge < -0.3 is 9.84 Å². The van der Waals surface area contributed by atoms with E-state index in [1.807, 2.05) is 27.7 Å². The minimum atomic E-state index is -0.793. The molecule has 1 atom stereocenters. The van der Waals surface area contributed by atoms with Crippen LogP contribution in [0.15, 0.2) is 0 Å². The lowest BCUT2D eigenvalue weighted by Crippen LogP contribution is -2.29. The predicted octanol–water partition coefficient (Wildman–Crippen LogP) is 5.16. The summed E-state index contributed by atoms with van der Waals surface area (Å²) < 4.78 is 5.40. The average Bonchev–Trinajstić information content (AvgIpc) is 2.55. The summed E-state index contributed by atoms with van der Waals surface area (Å²) in [5.41, 5.74) is -1.24. The van der Waals surface area contributed by atoms with Gasteiger partial charge in [-0.2, -0.15) is 0 Å². The number of ketones is 1. The fraction of sp³-hybridized carbons (Fsp3) is 0.857. The summed E-state index contributed by atoms with van der Waals surface area (Å²) in [5.74, 6) is -0.740. The second-order valence-corrected chi connectivity index (χ2v) is 8.65. The van der Waals surface area contributed by atoms with Crippen LogP contribution in [0.25, 0.3) is 0 Å². The highest BCUT2D eigenvalue weighted by Crippen LogP contribution is 2.27. The van der Waals surface area contributed by atoms with Gasteiger partial charge in [-0.3, -0.25) is 14.4 Å². The minimum absolute atomic E-state index is 0.0607. The van der Waals surface area contributed by atoms with Crippen LogP contribution >= 0.6 is 0 Å². The minimum Gasteiger partial charge on any atom is -0.481 e. The van der Waals surface area contributed by atoms with Crippen LogP contribution < -0.4 is 0 Å². The molecule has 0 aromatic carbocycles. The number of Topliss-reactive ketones (excluding diaryl/α,β-unsaturated/α-hetero) is 1. The van der Waals surface area contributed by atoms with Gasteiger partial charge in [0.15, 0.2) is 0 Å². The molecule has 0 aliphatic rings. The van der Waals surface area contributed by atoms with Gasteiger partial charge in [-0.1, -0.05) is 19.8 Å². The molecule has 5 nitrogen and oxygen atoms in total. The summed E-state index contributed by atoms with van der Waals surface area (Å²) >= 11 is 0. The lowest BCUT2D eigenvalue weighted by molar-refractivity contribution is -0.159. The Morgan fingerprint density at radius 2 is 1.35 bits per heavy atom. The molecule has 1 unspecified atom stereocenters. The molecule has 0 bridgehead atoms. The van der Waals surface area contributed by atoms with Gasteiger partial charge in [0, 0.05) is 12.8 Å². The smallest absolute Gasteiger partial charge is 0.311 e. The molecule has 26 heavy (non-hydrogen) atoms. The highest BCUT2D eigenvalue weighted by molar-refractivity contribution is 5.78. The SMILES string of the molecule is CCC(C)OC(=O)C(C)(C)CCCCC(=O)CCCCC(C)(C)C(=O)O. The Labute approximate surface area is 158 Å². The summed E-state index contributed by atoms with van der Waals surface area (Å²) in [6.45, 7) is 11.1. The zero-order valence-electron chi connectivity index (χ0n) is 17.5. The summed E-state index contributed by atoms with van der Waals surface area (Å²) in [5, 5.41) is 9.06. The summed E-state index contributed by atoms with van der Waals surface area (Å²) in [6.07, 6.45) is 6.16. The molecule has 0 rings (SSSR count). The van der Waals surface area contributed by atoms with E-state index in [1.165, 1.54) is 0 Å². The molecule has 5 heteroatoms. The van der Waals surface area contributed by atoms with Gasteiger partial charge in [0.25, 0.3) is 0 Å². The van der Waals surface area contributed by atoms with E-state index in [9.17, 15) is 14.4 Å². The highest BCUT2D eigenvalue weighted by atomic mass is 16.5. The van der Waals surface area contributed by atoms with Crippen LogP contribution in [-0.2, 0) is 19.1 Å². The number of unbranched alkanes of at least 4 members (excludes halogenated alkanes) is 2. The molecule has 0 spiro atoms. The van der Waals surface area contributed by atoms with Crippen molar-refractivity contribution >= 4 is 17.7 Å². The Hall–Kier alpha value is -1.39. The molecule has 0 amide bonds. The first-order valence-electron chi connectivity index (χ1n) is 9.88. The van der Waals surface area contributed by atoms with Gasteiger partial charge in [0.05, 0.1) is 16.9 Å². The van der Waals surface area contributed by atoms with Crippen molar-refractivity contribution in [3.63, 3.8) is 0 Å². The van der Waals surface area contributed by atoms with E-state index in [4.69, 9.17) is 9.84 Å². The number of aliphatic carboxylic acids is 1. The number of ether oxygens (including phenoxy) is 1. The number of hydrogen-bond donors (Lipinski definition) is 1.